The van der Waals surface area contributed by atoms with Gasteiger partial charge in [-0.15, -0.1) is 34.1 Å². The molecule has 0 amide bonds. The summed E-state index contributed by atoms with van der Waals surface area (Å²) in [4.78, 5) is 38.6. The van der Waals surface area contributed by atoms with Crippen molar-refractivity contribution in [3.63, 3.8) is 0 Å². The molecule has 0 spiro atoms. The Balaban J connectivity index is 1.27. The van der Waals surface area contributed by atoms with Crippen molar-refractivity contribution in [2.75, 3.05) is 17.3 Å². The van der Waals surface area contributed by atoms with E-state index in [9.17, 15) is 14.4 Å². The summed E-state index contributed by atoms with van der Waals surface area (Å²) in [6.07, 6.45) is 80.0. The lowest BCUT2D eigenvalue weighted by Gasteiger charge is -2.15. The molecule has 0 saturated heterocycles. The highest BCUT2D eigenvalue weighted by atomic mass is 33.4. The lowest BCUT2D eigenvalue weighted by molar-refractivity contribution is -0.135. The number of benzene rings is 3. The van der Waals surface area contributed by atoms with Crippen molar-refractivity contribution < 1.29 is 28.6 Å². The van der Waals surface area contributed by atoms with E-state index in [0.717, 1.165) is 94.3 Å². The molecule has 0 aliphatic rings. The zero-order valence-electron chi connectivity index (χ0n) is 65.2. The van der Waals surface area contributed by atoms with E-state index in [2.05, 4.69) is 91.3 Å². The van der Waals surface area contributed by atoms with Crippen molar-refractivity contribution in [3.05, 3.63) is 89.5 Å². The maximum atomic E-state index is 12.9. The fourth-order valence-electron chi connectivity index (χ4n) is 13.5. The lowest BCUT2D eigenvalue weighted by Crippen LogP contribution is -2.07. The number of carbonyl (C=O) groups excluding carboxylic acids is 3. The molecular weight excluding hydrogens is 1300 g/mol. The zero-order chi connectivity index (χ0) is 71.2. The molecule has 3 aromatic rings. The molecule has 0 atom stereocenters. The van der Waals surface area contributed by atoms with Crippen LogP contribution in [0.1, 0.15) is 423 Å². The molecule has 0 unspecified atom stereocenters. The molecule has 0 N–H and O–H groups in total. The monoisotopic (exact) mass is 1460 g/mol. The van der Waals surface area contributed by atoms with Gasteiger partial charge in [0.15, 0.2) is 0 Å². The van der Waals surface area contributed by atoms with E-state index in [1.807, 2.05) is 36.4 Å². The number of ether oxygens (including phenoxy) is 3. The molecule has 3 aromatic carbocycles. The van der Waals surface area contributed by atoms with Crippen molar-refractivity contribution in [3.8, 4) is 17.2 Å². The minimum absolute atomic E-state index is 0.137. The normalized spacial score (nSPS) is 11.5. The largest absolute Gasteiger partial charge is 0.427 e. The first-order valence-electron chi connectivity index (χ1n) is 43.0. The molecule has 0 aliphatic carbocycles. The van der Waals surface area contributed by atoms with Gasteiger partial charge in [0.2, 0.25) is 0 Å². The van der Waals surface area contributed by atoms with E-state index in [1.165, 1.54) is 325 Å². The molecule has 0 fully saturated rings. The van der Waals surface area contributed by atoms with Crippen LogP contribution in [0.3, 0.4) is 0 Å². The average molecular weight is 1460 g/mol. The zero-order valence-corrected chi connectivity index (χ0v) is 68.6. The van der Waals surface area contributed by atoms with Crippen LogP contribution in [0.5, 0.6) is 17.2 Å². The van der Waals surface area contributed by atoms with E-state index in [4.69, 9.17) is 14.2 Å². The van der Waals surface area contributed by atoms with Gasteiger partial charge in [0.05, 0.1) is 5.53 Å². The number of unbranched alkanes of at least 4 members (excludes halogenated alkanes) is 51. The van der Waals surface area contributed by atoms with Gasteiger partial charge in [0.25, 0.3) is 0 Å². The van der Waals surface area contributed by atoms with Crippen molar-refractivity contribution >= 4 is 57.6 Å². The van der Waals surface area contributed by atoms with Crippen LogP contribution in [0.15, 0.2) is 72.8 Å². The summed E-state index contributed by atoms with van der Waals surface area (Å²) in [5.74, 6) is 4.81. The van der Waals surface area contributed by atoms with Gasteiger partial charge in [-0.2, -0.15) is 0 Å². The van der Waals surface area contributed by atoms with Gasteiger partial charge in [-0.25, -0.2) is 0 Å². The minimum Gasteiger partial charge on any atom is -0.427 e. The SMILES string of the molecule is CCCCCCCCCCCCCCCCCCc1ccc(OC(=O)CCCCCSP(SCCCCCC(=O)Oc2ccc(CCCCCCCCCCCCCCCCCC)cc2)SCCCCCC(=O)Oc2ccc(CCCCCCCCCCCCCCCCCC)cc2)cc1. The van der Waals surface area contributed by atoms with E-state index in [0.29, 0.717) is 36.5 Å². The molecule has 0 aliphatic heterocycles. The average Bonchev–Trinajstić information content (AvgIpc) is 1.20. The predicted octanol–water partition coefficient (Wildman–Crippen LogP) is 31.3. The number of hydrogen-bond acceptors (Lipinski definition) is 9. The third-order valence-electron chi connectivity index (χ3n) is 20.1. The van der Waals surface area contributed by atoms with Crippen molar-refractivity contribution in [2.24, 2.45) is 0 Å². The minimum atomic E-state index is -0.335. The lowest BCUT2D eigenvalue weighted by atomic mass is 10.0. The highest BCUT2D eigenvalue weighted by molar-refractivity contribution is 9.12. The number of aryl methyl sites for hydroxylation is 3. The molecule has 0 aromatic heterocycles. The third-order valence-corrected chi connectivity index (χ3v) is 31.4. The Bertz CT molecular complexity index is 2010. The second-order valence-electron chi connectivity index (χ2n) is 29.7. The molecule has 0 heterocycles. The maximum absolute atomic E-state index is 12.9. The fraction of sp³-hybridized carbons (Fsp3) is 0.767. The second-order valence-corrected chi connectivity index (χ2v) is 39.8. The maximum Gasteiger partial charge on any atom is 0.311 e. The second kappa shape index (κ2) is 70.8. The van der Waals surface area contributed by atoms with Gasteiger partial charge >= 0.3 is 17.9 Å². The molecule has 572 valence electrons. The van der Waals surface area contributed by atoms with Crippen LogP contribution in [-0.4, -0.2) is 35.2 Å². The Kier molecular flexibility index (Phi) is 65.0. The molecule has 100 heavy (non-hydrogen) atoms. The van der Waals surface area contributed by atoms with Crippen LogP contribution in [-0.2, 0) is 33.6 Å². The van der Waals surface area contributed by atoms with Gasteiger partial charge in [-0.05, 0) is 147 Å². The van der Waals surface area contributed by atoms with Crippen LogP contribution in [0.4, 0.5) is 0 Å². The predicted molar refractivity (Wildman–Crippen MR) is 446 cm³/mol. The van der Waals surface area contributed by atoms with Crippen molar-refractivity contribution in [1.29, 1.82) is 0 Å². The van der Waals surface area contributed by atoms with Gasteiger partial charge in [0, 0.05) is 19.3 Å². The van der Waals surface area contributed by atoms with Gasteiger partial charge < -0.3 is 14.2 Å². The summed E-state index contributed by atoms with van der Waals surface area (Å²) in [6.45, 7) is 6.88. The first kappa shape index (κ1) is 91.8. The van der Waals surface area contributed by atoms with Crippen molar-refractivity contribution in [2.45, 2.75) is 425 Å². The molecule has 0 radical (unpaired) electrons. The first-order valence-corrected chi connectivity index (χ1v) is 49.1. The fourth-order valence-corrected chi connectivity index (χ4v) is 24.4. The highest BCUT2D eigenvalue weighted by Gasteiger charge is 2.14. The molecule has 3 rings (SSSR count). The van der Waals surface area contributed by atoms with Gasteiger partial charge in [-0.1, -0.05) is 365 Å². The first-order chi connectivity index (χ1) is 49.4. The Morgan fingerprint density at radius 2 is 0.400 bits per heavy atom. The van der Waals surface area contributed by atoms with Crippen LogP contribution in [0.25, 0.3) is 0 Å². The Morgan fingerprint density at radius 3 is 0.590 bits per heavy atom. The summed E-state index contributed by atoms with van der Waals surface area (Å²) >= 11 is 6.28. The summed E-state index contributed by atoms with van der Waals surface area (Å²) < 4.78 is 17.3. The van der Waals surface area contributed by atoms with E-state index < -0.39 is 0 Å². The van der Waals surface area contributed by atoms with Crippen LogP contribution >= 0.6 is 39.7 Å². The number of rotatable bonds is 75. The summed E-state index contributed by atoms with van der Waals surface area (Å²) in [7, 11) is 0. The van der Waals surface area contributed by atoms with Crippen LogP contribution in [0, 0.1) is 0 Å². The Morgan fingerprint density at radius 1 is 0.230 bits per heavy atom. The number of carbonyl (C=O) groups is 3. The van der Waals surface area contributed by atoms with Crippen LogP contribution < -0.4 is 14.2 Å². The standard InChI is InChI=1S/C90H153O6PS3/c1-4-7-10-13-16-19-22-25-28-31-34-37-40-43-46-52-61-82-67-73-85(74-68-82)94-88(91)64-55-49-58-79-98-97(99-80-59-50-56-65-89(92)95-86-75-69-83(70-76-86)62-53-47-44-41-38-35-32-29-26-23-20-17-14-11-8-5-2)100-81-60-51-57-66-90(93)96-87-77-71-84(72-78-87)63-54-48-45-42-39-36-33-30-27-24-21-18-15-12-9-6-3/h67-78H,4-66,79-81H2,1-3H3. The highest BCUT2D eigenvalue weighted by Crippen LogP contribution is 2.70. The Labute approximate surface area is 631 Å². The van der Waals surface area contributed by atoms with E-state index >= 15 is 0 Å². The van der Waals surface area contributed by atoms with E-state index in [-0.39, 0.29) is 23.4 Å². The summed E-state index contributed by atoms with van der Waals surface area (Å²) in [6, 6.07) is 24.6. The van der Waals surface area contributed by atoms with Gasteiger partial charge in [0.1, 0.15) is 17.2 Å². The van der Waals surface area contributed by atoms with Gasteiger partial charge in [-0.3, -0.25) is 14.4 Å². The molecule has 0 saturated carbocycles. The van der Waals surface area contributed by atoms with E-state index in [1.54, 1.807) is 0 Å². The third kappa shape index (κ3) is 58.8. The number of hydrogen-bond donors (Lipinski definition) is 0. The number of esters is 3. The molecule has 6 nitrogen and oxygen atoms in total. The summed E-state index contributed by atoms with van der Waals surface area (Å²) in [5, 5.41) is 0. The quantitative estimate of drug-likeness (QED) is 0.0238. The molecule has 10 heteroatoms. The smallest absolute Gasteiger partial charge is 0.311 e. The topological polar surface area (TPSA) is 78.9 Å². The van der Waals surface area contributed by atoms with Crippen molar-refractivity contribution in [1.82, 2.24) is 0 Å². The molecule has 0 bridgehead atoms. The molecular formula is C90H153O6PS3. The Hall–Kier alpha value is -2.45. The van der Waals surface area contributed by atoms with Crippen LogP contribution in [0.2, 0.25) is 0 Å². The summed E-state index contributed by atoms with van der Waals surface area (Å²) in [5.41, 5.74) is 3.64.